The van der Waals surface area contributed by atoms with Crippen LogP contribution >= 0.6 is 0 Å². The molecule has 0 unspecified atom stereocenters. The van der Waals surface area contributed by atoms with Crippen LogP contribution < -0.4 is 5.32 Å². The minimum absolute atomic E-state index is 0.00677. The van der Waals surface area contributed by atoms with E-state index in [1.54, 1.807) is 19.9 Å². The number of hydrogen-bond donors (Lipinski definition) is 1. The lowest BCUT2D eigenvalue weighted by Gasteiger charge is -2.36. The Morgan fingerprint density at radius 2 is 2.03 bits per heavy atom. The molecule has 4 rings (SSSR count). The Morgan fingerprint density at radius 1 is 1.29 bits per heavy atom. The van der Waals surface area contributed by atoms with Gasteiger partial charge < -0.3 is 19.5 Å². The molecule has 2 amide bonds. The highest BCUT2D eigenvalue weighted by Gasteiger charge is 2.43. The van der Waals surface area contributed by atoms with Crippen molar-refractivity contribution in [3.8, 4) is 0 Å². The summed E-state index contributed by atoms with van der Waals surface area (Å²) < 4.78 is 39.7. The Morgan fingerprint density at radius 3 is 2.63 bits per heavy atom. The molecule has 1 aromatic carbocycles. The fourth-order valence-electron chi connectivity index (χ4n) is 4.61. The quantitative estimate of drug-likeness (QED) is 0.601. The van der Waals surface area contributed by atoms with Gasteiger partial charge in [-0.05, 0) is 63.3 Å². The molecule has 2 fully saturated rings. The summed E-state index contributed by atoms with van der Waals surface area (Å²) >= 11 is 0. The molecule has 2 aliphatic heterocycles. The molecule has 1 N–H and O–H groups in total. The molecule has 9 heteroatoms. The average Bonchev–Trinajstić information content (AvgIpc) is 3.36. The van der Waals surface area contributed by atoms with Crippen molar-refractivity contribution in [2.45, 2.75) is 45.7 Å². The minimum atomic E-state index is -0.808. The lowest BCUT2D eigenvalue weighted by atomic mass is 9.90. The molecule has 3 heterocycles. The van der Waals surface area contributed by atoms with Gasteiger partial charge in [-0.25, -0.2) is 8.78 Å². The topological polar surface area (TPSA) is 84.7 Å². The predicted molar refractivity (Wildman–Crippen MR) is 124 cm³/mol. The van der Waals surface area contributed by atoms with E-state index in [2.05, 4.69) is 22.8 Å². The smallest absolute Gasteiger partial charge is 0.293 e. The second-order valence-electron chi connectivity index (χ2n) is 9.35. The van der Waals surface area contributed by atoms with Gasteiger partial charge in [-0.2, -0.15) is 0 Å². The second-order valence-corrected chi connectivity index (χ2v) is 9.35. The van der Waals surface area contributed by atoms with Crippen LogP contribution in [0.2, 0.25) is 0 Å². The summed E-state index contributed by atoms with van der Waals surface area (Å²) in [6, 6.07) is 0.660. The number of amides is 2. The van der Waals surface area contributed by atoms with E-state index in [1.165, 1.54) is 11.8 Å². The number of carbonyl (C=O) groups is 2. The van der Waals surface area contributed by atoms with Crippen LogP contribution in [0.5, 0.6) is 0 Å². The molecular formula is C26H29F2N3O4. The van der Waals surface area contributed by atoms with Crippen molar-refractivity contribution < 1.29 is 27.6 Å². The van der Waals surface area contributed by atoms with Gasteiger partial charge >= 0.3 is 0 Å². The number of aromatic nitrogens is 1. The molecule has 0 radical (unpaired) electrons. The van der Waals surface area contributed by atoms with E-state index in [0.717, 1.165) is 12.1 Å². The standard InChI is InChI=1S/C26H29F2N3O4/c1-5-6-7-17-9-22(31(11-17)26(33)24-15(3)16(4)30-35-24)25(32)29-23(18-12-34-13-18)19-10-20(27)14(2)8-21(19)28/h6,8,10,17-18,22-23H,1,7,9,11-13H2,2-4H3,(H,29,32)/t17-,22-,23-/m1/s1. The monoisotopic (exact) mass is 485 g/mol. The number of likely N-dealkylation sites (tertiary alicyclic amines) is 1. The second kappa shape index (κ2) is 10.1. The lowest BCUT2D eigenvalue weighted by Crippen LogP contribution is -2.50. The largest absolute Gasteiger partial charge is 0.381 e. The molecule has 0 spiro atoms. The van der Waals surface area contributed by atoms with Crippen molar-refractivity contribution in [3.63, 3.8) is 0 Å². The van der Waals surface area contributed by atoms with E-state index in [1.807, 2.05) is 0 Å². The highest BCUT2D eigenvalue weighted by Crippen LogP contribution is 2.33. The first-order valence-corrected chi connectivity index (χ1v) is 11.6. The van der Waals surface area contributed by atoms with Crippen LogP contribution in [-0.4, -0.2) is 47.7 Å². The zero-order chi connectivity index (χ0) is 25.3. The number of aryl methyl sites for hydroxylation is 2. The SMILES string of the molecule is C=C=CC[C@@H]1C[C@H](C(=O)N[C@@H](c2cc(F)c(C)cc2F)C2COC2)N(C(=O)c2onc(C)c2C)C1. The summed E-state index contributed by atoms with van der Waals surface area (Å²) in [6.07, 6.45) is 2.78. The Balaban J connectivity index is 1.62. The van der Waals surface area contributed by atoms with Gasteiger partial charge in [-0.15, -0.1) is 5.73 Å². The molecule has 2 aromatic rings. The maximum Gasteiger partial charge on any atom is 0.293 e. The molecular weight excluding hydrogens is 456 g/mol. The average molecular weight is 486 g/mol. The number of carbonyl (C=O) groups excluding carboxylic acids is 2. The maximum absolute atomic E-state index is 14.8. The molecule has 0 aliphatic carbocycles. The highest BCUT2D eigenvalue weighted by atomic mass is 19.1. The third-order valence-corrected chi connectivity index (χ3v) is 6.94. The Labute approximate surface area is 202 Å². The minimum Gasteiger partial charge on any atom is -0.381 e. The molecule has 0 saturated carbocycles. The van der Waals surface area contributed by atoms with E-state index < -0.39 is 35.5 Å². The summed E-state index contributed by atoms with van der Waals surface area (Å²) in [5.74, 6) is -2.12. The van der Waals surface area contributed by atoms with Gasteiger partial charge in [-0.3, -0.25) is 9.59 Å². The third kappa shape index (κ3) is 4.92. The summed E-state index contributed by atoms with van der Waals surface area (Å²) in [4.78, 5) is 28.4. The Bertz CT molecular complexity index is 1180. The number of hydrogen-bond acceptors (Lipinski definition) is 5. The Hall–Kier alpha value is -3.29. The van der Waals surface area contributed by atoms with Crippen molar-refractivity contribution in [3.05, 3.63) is 70.3 Å². The van der Waals surface area contributed by atoms with Gasteiger partial charge in [0.05, 0.1) is 24.9 Å². The molecule has 7 nitrogen and oxygen atoms in total. The summed E-state index contributed by atoms with van der Waals surface area (Å²) in [5, 5.41) is 6.76. The van der Waals surface area contributed by atoms with Crippen molar-refractivity contribution >= 4 is 11.8 Å². The molecule has 1 aromatic heterocycles. The van der Waals surface area contributed by atoms with Gasteiger partial charge in [0.2, 0.25) is 11.7 Å². The predicted octanol–water partition coefficient (Wildman–Crippen LogP) is 3.94. The van der Waals surface area contributed by atoms with E-state index in [-0.39, 0.29) is 28.7 Å². The van der Waals surface area contributed by atoms with Crippen molar-refractivity contribution in [1.29, 1.82) is 0 Å². The Kier molecular flexibility index (Phi) is 7.19. The van der Waals surface area contributed by atoms with E-state index >= 15 is 0 Å². The van der Waals surface area contributed by atoms with Crippen molar-refractivity contribution in [2.24, 2.45) is 11.8 Å². The first-order valence-electron chi connectivity index (χ1n) is 11.6. The van der Waals surface area contributed by atoms with Crippen molar-refractivity contribution in [2.75, 3.05) is 19.8 Å². The first kappa shape index (κ1) is 24.8. The summed E-state index contributed by atoms with van der Waals surface area (Å²) in [5.41, 5.74) is 4.20. The summed E-state index contributed by atoms with van der Waals surface area (Å²) in [6.45, 7) is 9.50. The molecule has 2 saturated heterocycles. The zero-order valence-electron chi connectivity index (χ0n) is 20.1. The fourth-order valence-corrected chi connectivity index (χ4v) is 4.61. The fraction of sp³-hybridized carbons (Fsp3) is 0.462. The van der Waals surface area contributed by atoms with Crippen LogP contribution in [0.15, 0.2) is 35.0 Å². The number of rotatable bonds is 7. The highest BCUT2D eigenvalue weighted by molar-refractivity contribution is 5.97. The van der Waals surface area contributed by atoms with Gasteiger partial charge in [0.15, 0.2) is 0 Å². The van der Waals surface area contributed by atoms with Crippen LogP contribution in [0, 0.1) is 44.2 Å². The van der Waals surface area contributed by atoms with E-state index in [0.29, 0.717) is 43.9 Å². The first-order chi connectivity index (χ1) is 16.7. The number of halogens is 2. The van der Waals surface area contributed by atoms with Crippen LogP contribution in [-0.2, 0) is 9.53 Å². The van der Waals surface area contributed by atoms with E-state index in [9.17, 15) is 18.4 Å². The van der Waals surface area contributed by atoms with Gasteiger partial charge in [0.1, 0.15) is 17.7 Å². The van der Waals surface area contributed by atoms with Crippen molar-refractivity contribution in [1.82, 2.24) is 15.4 Å². The van der Waals surface area contributed by atoms with Crippen LogP contribution in [0.1, 0.15) is 51.8 Å². The number of ether oxygens (including phenoxy) is 1. The number of benzene rings is 1. The van der Waals surface area contributed by atoms with E-state index in [4.69, 9.17) is 9.26 Å². The normalized spacial score (nSPS) is 20.8. The molecule has 3 atom stereocenters. The van der Waals surface area contributed by atoms with Crippen LogP contribution in [0.3, 0.4) is 0 Å². The summed E-state index contributed by atoms with van der Waals surface area (Å²) in [7, 11) is 0. The molecule has 2 aliphatic rings. The number of allylic oxidation sites excluding steroid dienone is 1. The molecule has 186 valence electrons. The van der Waals surface area contributed by atoms with Gasteiger partial charge in [0.25, 0.3) is 5.91 Å². The third-order valence-electron chi connectivity index (χ3n) is 6.94. The maximum atomic E-state index is 14.8. The lowest BCUT2D eigenvalue weighted by molar-refractivity contribution is -0.128. The number of nitrogens with zero attached hydrogens (tertiary/aromatic N) is 2. The number of nitrogens with one attached hydrogen (secondary N) is 1. The van der Waals surface area contributed by atoms with Crippen LogP contribution in [0.4, 0.5) is 8.78 Å². The van der Waals surface area contributed by atoms with Gasteiger partial charge in [-0.1, -0.05) is 11.7 Å². The molecule has 35 heavy (non-hydrogen) atoms. The van der Waals surface area contributed by atoms with Gasteiger partial charge in [0, 0.05) is 23.6 Å². The zero-order valence-corrected chi connectivity index (χ0v) is 20.1. The van der Waals surface area contributed by atoms with Crippen LogP contribution in [0.25, 0.3) is 0 Å². The molecule has 0 bridgehead atoms.